The quantitative estimate of drug-likeness (QED) is 0.309. The minimum atomic E-state index is -1.42. The summed E-state index contributed by atoms with van der Waals surface area (Å²) >= 11 is 5.98. The predicted octanol–water partition coefficient (Wildman–Crippen LogP) is 5.33. The minimum Gasteiger partial charge on any atom is -0.449 e. The third-order valence-electron chi connectivity index (χ3n) is 4.37. The molecule has 3 aromatic carbocycles. The van der Waals surface area contributed by atoms with E-state index in [1.54, 1.807) is 18.2 Å². The van der Waals surface area contributed by atoms with Gasteiger partial charge in [0, 0.05) is 22.0 Å². The van der Waals surface area contributed by atoms with Gasteiger partial charge in [0.05, 0.1) is 11.3 Å². The molecule has 1 heterocycles. The average molecular weight is 407 g/mol. The van der Waals surface area contributed by atoms with Crippen molar-refractivity contribution in [3.63, 3.8) is 0 Å². The van der Waals surface area contributed by atoms with Crippen molar-refractivity contribution >= 4 is 46.3 Å². The van der Waals surface area contributed by atoms with Gasteiger partial charge in [-0.25, -0.2) is 4.79 Å². The van der Waals surface area contributed by atoms with Crippen LogP contribution in [0.15, 0.2) is 72.8 Å². The van der Waals surface area contributed by atoms with Crippen molar-refractivity contribution in [3.8, 4) is 5.75 Å². The van der Waals surface area contributed by atoms with E-state index in [1.807, 2.05) is 42.5 Å². The summed E-state index contributed by atoms with van der Waals surface area (Å²) < 4.78 is 4.76. The molecule has 0 atom stereocenters. The number of carboxylic acid groups (broad SMARTS) is 1. The van der Waals surface area contributed by atoms with Crippen LogP contribution in [0.25, 0.3) is 11.3 Å². The molecule has 1 amide bonds. The Kier molecular flexibility index (Phi) is 4.93. The van der Waals surface area contributed by atoms with E-state index in [4.69, 9.17) is 21.4 Å². The fourth-order valence-corrected chi connectivity index (χ4v) is 3.25. The Bertz CT molecular complexity index is 1130. The molecule has 6 nitrogen and oxygen atoms in total. The number of benzene rings is 3. The maximum Gasteiger partial charge on any atom is 0.511 e. The van der Waals surface area contributed by atoms with Crippen molar-refractivity contribution in [1.29, 1.82) is 0 Å². The van der Waals surface area contributed by atoms with E-state index in [0.29, 0.717) is 27.5 Å². The van der Waals surface area contributed by atoms with Crippen LogP contribution in [-0.4, -0.2) is 17.2 Å². The van der Waals surface area contributed by atoms with E-state index in [0.717, 1.165) is 11.3 Å². The Morgan fingerprint density at radius 3 is 2.41 bits per heavy atom. The van der Waals surface area contributed by atoms with Gasteiger partial charge in [0.1, 0.15) is 5.75 Å². The molecule has 4 rings (SSSR count). The first kappa shape index (κ1) is 18.6. The van der Waals surface area contributed by atoms with Crippen LogP contribution in [0.5, 0.6) is 5.75 Å². The van der Waals surface area contributed by atoms with Gasteiger partial charge in [-0.05, 0) is 48.0 Å². The molecule has 0 unspecified atom stereocenters. The number of nitrogens with one attached hydrogen (secondary N) is 2. The lowest BCUT2D eigenvalue weighted by molar-refractivity contribution is -0.110. The van der Waals surface area contributed by atoms with Gasteiger partial charge in [0.25, 0.3) is 5.91 Å². The van der Waals surface area contributed by atoms with Gasteiger partial charge in [0.15, 0.2) is 0 Å². The van der Waals surface area contributed by atoms with Crippen LogP contribution in [0.4, 0.5) is 16.2 Å². The summed E-state index contributed by atoms with van der Waals surface area (Å²) in [5.41, 5.74) is 3.64. The Labute approximate surface area is 171 Å². The number of ether oxygens (including phenoxy) is 1. The second kappa shape index (κ2) is 7.69. The van der Waals surface area contributed by atoms with Crippen LogP contribution < -0.4 is 15.4 Å². The number of carbonyl (C=O) groups is 2. The van der Waals surface area contributed by atoms with E-state index in [-0.39, 0.29) is 11.7 Å². The van der Waals surface area contributed by atoms with Gasteiger partial charge in [0.2, 0.25) is 0 Å². The molecule has 0 saturated heterocycles. The van der Waals surface area contributed by atoms with Crippen molar-refractivity contribution in [2.24, 2.45) is 0 Å². The summed E-state index contributed by atoms with van der Waals surface area (Å²) in [6.45, 7) is 0. The molecule has 144 valence electrons. The van der Waals surface area contributed by atoms with Crippen molar-refractivity contribution in [1.82, 2.24) is 0 Å². The van der Waals surface area contributed by atoms with Crippen LogP contribution in [0.1, 0.15) is 11.1 Å². The standard InChI is InChI=1S/C22H15ClN2O4/c23-14-6-8-15(9-7-14)24-20(13-4-2-1-3-5-13)19-17-12-16(29-22(27)28)10-11-18(17)25-21(19)26/h1-12,24H,(H,25,26)(H,27,28)/b20-19-. The number of hydrogen-bond donors (Lipinski definition) is 3. The molecular weight excluding hydrogens is 392 g/mol. The van der Waals surface area contributed by atoms with E-state index >= 15 is 0 Å². The Balaban J connectivity index is 1.88. The molecule has 0 bridgehead atoms. The zero-order valence-corrected chi connectivity index (χ0v) is 15.7. The molecule has 3 aromatic rings. The molecule has 0 saturated carbocycles. The number of halogens is 1. The smallest absolute Gasteiger partial charge is 0.449 e. The van der Waals surface area contributed by atoms with E-state index in [9.17, 15) is 9.59 Å². The topological polar surface area (TPSA) is 87.7 Å². The van der Waals surface area contributed by atoms with Crippen molar-refractivity contribution in [3.05, 3.63) is 88.9 Å². The van der Waals surface area contributed by atoms with Crippen LogP contribution in [0.2, 0.25) is 5.02 Å². The lowest BCUT2D eigenvalue weighted by Gasteiger charge is -2.15. The summed E-state index contributed by atoms with van der Waals surface area (Å²) in [5.74, 6) is -0.169. The van der Waals surface area contributed by atoms with Crippen LogP contribution in [0, 0.1) is 0 Å². The molecule has 0 spiro atoms. The first-order valence-corrected chi connectivity index (χ1v) is 9.08. The number of hydrogen-bond acceptors (Lipinski definition) is 4. The predicted molar refractivity (Wildman–Crippen MR) is 112 cm³/mol. The first-order valence-electron chi connectivity index (χ1n) is 8.70. The van der Waals surface area contributed by atoms with Crippen LogP contribution in [0.3, 0.4) is 0 Å². The second-order valence-electron chi connectivity index (χ2n) is 6.28. The van der Waals surface area contributed by atoms with Crippen LogP contribution >= 0.6 is 11.6 Å². The highest BCUT2D eigenvalue weighted by Gasteiger charge is 2.29. The van der Waals surface area contributed by atoms with Gasteiger partial charge >= 0.3 is 6.16 Å². The number of fused-ring (bicyclic) bond motifs is 1. The molecular formula is C22H15ClN2O4. The maximum absolute atomic E-state index is 12.8. The van der Waals surface area contributed by atoms with Gasteiger partial charge in [-0.2, -0.15) is 0 Å². The number of carbonyl (C=O) groups excluding carboxylic acids is 1. The fourth-order valence-electron chi connectivity index (χ4n) is 3.12. The van der Waals surface area contributed by atoms with Gasteiger partial charge in [-0.1, -0.05) is 41.9 Å². The number of rotatable bonds is 4. The zero-order valence-electron chi connectivity index (χ0n) is 15.0. The molecule has 0 fully saturated rings. The molecule has 0 radical (unpaired) electrons. The Hall–Kier alpha value is -3.77. The average Bonchev–Trinajstić information content (AvgIpc) is 3.03. The van der Waals surface area contributed by atoms with Gasteiger partial charge < -0.3 is 20.5 Å². The zero-order chi connectivity index (χ0) is 20.4. The molecule has 3 N–H and O–H groups in total. The second-order valence-corrected chi connectivity index (χ2v) is 6.71. The van der Waals surface area contributed by atoms with Crippen molar-refractivity contribution in [2.75, 3.05) is 10.6 Å². The molecule has 7 heteroatoms. The van der Waals surface area contributed by atoms with Gasteiger partial charge in [-0.3, -0.25) is 4.79 Å². The van der Waals surface area contributed by atoms with E-state index in [1.165, 1.54) is 12.1 Å². The number of amides is 1. The summed E-state index contributed by atoms with van der Waals surface area (Å²) in [7, 11) is 0. The highest BCUT2D eigenvalue weighted by molar-refractivity contribution is 6.37. The summed E-state index contributed by atoms with van der Waals surface area (Å²) in [6.07, 6.45) is -1.42. The highest BCUT2D eigenvalue weighted by Crippen LogP contribution is 2.39. The highest BCUT2D eigenvalue weighted by atomic mass is 35.5. The largest absolute Gasteiger partial charge is 0.511 e. The summed E-state index contributed by atoms with van der Waals surface area (Å²) in [6, 6.07) is 21.1. The van der Waals surface area contributed by atoms with E-state index in [2.05, 4.69) is 10.6 Å². The SMILES string of the molecule is O=C(O)Oc1ccc2c(c1)/C(=C(/Nc1ccc(Cl)cc1)c1ccccc1)C(=O)N2. The van der Waals surface area contributed by atoms with Crippen molar-refractivity contribution in [2.45, 2.75) is 0 Å². The third-order valence-corrected chi connectivity index (χ3v) is 4.62. The summed E-state index contributed by atoms with van der Waals surface area (Å²) in [4.78, 5) is 23.7. The molecule has 0 aromatic heterocycles. The summed E-state index contributed by atoms with van der Waals surface area (Å²) in [5, 5.41) is 15.6. The lowest BCUT2D eigenvalue weighted by Crippen LogP contribution is -2.10. The molecule has 1 aliphatic heterocycles. The maximum atomic E-state index is 12.8. The lowest BCUT2D eigenvalue weighted by atomic mass is 10.00. The molecule has 0 aliphatic carbocycles. The van der Waals surface area contributed by atoms with Crippen molar-refractivity contribution < 1.29 is 19.4 Å². The van der Waals surface area contributed by atoms with E-state index < -0.39 is 6.16 Å². The fraction of sp³-hybridized carbons (Fsp3) is 0. The Morgan fingerprint density at radius 1 is 1.00 bits per heavy atom. The third kappa shape index (κ3) is 3.93. The number of anilines is 2. The minimum absolute atomic E-state index is 0.129. The van der Waals surface area contributed by atoms with Gasteiger partial charge in [-0.15, -0.1) is 0 Å². The monoisotopic (exact) mass is 406 g/mol. The van der Waals surface area contributed by atoms with Crippen LogP contribution in [-0.2, 0) is 4.79 Å². The first-order chi connectivity index (χ1) is 14.0. The molecule has 29 heavy (non-hydrogen) atoms. The molecule has 1 aliphatic rings. The normalized spacial score (nSPS) is 14.0. The Morgan fingerprint density at radius 2 is 1.72 bits per heavy atom.